The van der Waals surface area contributed by atoms with Crippen LogP contribution in [0.25, 0.3) is 5.69 Å². The highest BCUT2D eigenvalue weighted by molar-refractivity contribution is 6.02. The first-order chi connectivity index (χ1) is 12.0. The summed E-state index contributed by atoms with van der Waals surface area (Å²) in [5, 5.41) is 9.91. The highest BCUT2D eigenvalue weighted by Gasteiger charge is 2.11. The normalized spacial score (nSPS) is 10.4. The Morgan fingerprint density at radius 2 is 1.88 bits per heavy atom. The lowest BCUT2D eigenvalue weighted by atomic mass is 10.2. The Hall–Kier alpha value is -3.89. The maximum absolute atomic E-state index is 12.1. The third-order valence-electron chi connectivity index (χ3n) is 3.11. The van der Waals surface area contributed by atoms with E-state index in [1.54, 1.807) is 24.3 Å². The van der Waals surface area contributed by atoms with Crippen molar-refractivity contribution in [3.63, 3.8) is 0 Å². The molecule has 2 amide bonds. The number of anilines is 1. The van der Waals surface area contributed by atoms with Gasteiger partial charge >= 0.3 is 5.69 Å². The lowest BCUT2D eigenvalue weighted by Gasteiger charge is -2.05. The minimum absolute atomic E-state index is 0.178. The van der Waals surface area contributed by atoms with Gasteiger partial charge in [-0.1, -0.05) is 0 Å². The van der Waals surface area contributed by atoms with Crippen LogP contribution in [0.5, 0.6) is 0 Å². The predicted octanol–water partition coefficient (Wildman–Crippen LogP) is -1.04. The average Bonchev–Trinajstić information content (AvgIpc) is 2.96. The van der Waals surface area contributed by atoms with Crippen molar-refractivity contribution < 1.29 is 9.59 Å². The smallest absolute Gasteiger partial charge is 0.368 e. The van der Waals surface area contributed by atoms with Crippen LogP contribution in [0.2, 0.25) is 0 Å². The number of amides is 2. The quantitative estimate of drug-likeness (QED) is 0.601. The van der Waals surface area contributed by atoms with Gasteiger partial charge in [-0.3, -0.25) is 14.6 Å². The summed E-state index contributed by atoms with van der Waals surface area (Å²) < 4.78 is 1.86. The van der Waals surface area contributed by atoms with Gasteiger partial charge in [0.2, 0.25) is 5.91 Å². The molecular formula is C14H12N8O3. The van der Waals surface area contributed by atoms with Crippen LogP contribution in [0, 0.1) is 0 Å². The Morgan fingerprint density at radius 1 is 1.12 bits per heavy atom. The van der Waals surface area contributed by atoms with Gasteiger partial charge in [-0.25, -0.2) is 9.78 Å². The first-order valence-electron chi connectivity index (χ1n) is 7.03. The number of hydrogen-bond acceptors (Lipinski definition) is 7. The van der Waals surface area contributed by atoms with Crippen LogP contribution in [0.1, 0.15) is 10.5 Å². The molecule has 3 N–H and O–H groups in total. The lowest BCUT2D eigenvalue weighted by Crippen LogP contribution is -2.30. The molecule has 0 unspecified atom stereocenters. The first kappa shape index (κ1) is 16.0. The molecule has 25 heavy (non-hydrogen) atoms. The van der Waals surface area contributed by atoms with E-state index in [0.29, 0.717) is 11.4 Å². The van der Waals surface area contributed by atoms with Crippen LogP contribution in [-0.2, 0) is 11.3 Å². The molecule has 0 saturated heterocycles. The maximum atomic E-state index is 12.1. The third-order valence-corrected chi connectivity index (χ3v) is 3.11. The molecule has 0 bridgehead atoms. The maximum Gasteiger partial charge on any atom is 0.368 e. The molecule has 126 valence electrons. The number of nitrogens with one attached hydrogen (secondary N) is 1. The van der Waals surface area contributed by atoms with Crippen molar-refractivity contribution in [3.05, 3.63) is 59.0 Å². The predicted molar refractivity (Wildman–Crippen MR) is 84.8 cm³/mol. The van der Waals surface area contributed by atoms with Crippen molar-refractivity contribution in [1.82, 2.24) is 29.8 Å². The standard InChI is InChI=1S/C14H12N8O3/c15-12(23)8-21-14(25)22(20-19-21)10-3-1-9(2-4-10)18-13(24)11-7-16-5-6-17-11/h1-7H,8H2,(H2,15,23)(H,18,24). The second kappa shape index (κ2) is 6.70. The minimum atomic E-state index is -0.698. The van der Waals surface area contributed by atoms with E-state index in [-0.39, 0.29) is 12.2 Å². The fraction of sp³-hybridized carbons (Fsp3) is 0.0714. The highest BCUT2D eigenvalue weighted by Crippen LogP contribution is 2.12. The van der Waals surface area contributed by atoms with Gasteiger partial charge in [-0.15, -0.1) is 0 Å². The summed E-state index contributed by atoms with van der Waals surface area (Å²) in [5.41, 5.74) is 5.52. The Morgan fingerprint density at radius 3 is 2.52 bits per heavy atom. The van der Waals surface area contributed by atoms with Gasteiger partial charge in [-0.2, -0.15) is 9.36 Å². The molecule has 0 saturated carbocycles. The Bertz CT molecular complexity index is 962. The van der Waals surface area contributed by atoms with Gasteiger partial charge in [0.05, 0.1) is 11.9 Å². The first-order valence-corrected chi connectivity index (χ1v) is 7.03. The third kappa shape index (κ3) is 3.55. The molecule has 3 aromatic rings. The van der Waals surface area contributed by atoms with Crippen molar-refractivity contribution in [2.45, 2.75) is 6.54 Å². The largest absolute Gasteiger partial charge is 0.368 e. The van der Waals surface area contributed by atoms with E-state index >= 15 is 0 Å². The average molecular weight is 340 g/mol. The van der Waals surface area contributed by atoms with Crippen molar-refractivity contribution in [2.24, 2.45) is 5.73 Å². The van der Waals surface area contributed by atoms with Crippen LogP contribution < -0.4 is 16.7 Å². The van der Waals surface area contributed by atoms with Gasteiger partial charge in [0.1, 0.15) is 12.2 Å². The molecule has 0 atom stereocenters. The molecule has 3 rings (SSSR count). The van der Waals surface area contributed by atoms with E-state index < -0.39 is 17.5 Å². The van der Waals surface area contributed by atoms with Crippen LogP contribution >= 0.6 is 0 Å². The van der Waals surface area contributed by atoms with Crippen molar-refractivity contribution in [2.75, 3.05) is 5.32 Å². The Balaban J connectivity index is 1.77. The lowest BCUT2D eigenvalue weighted by molar-refractivity contribution is -0.118. The zero-order valence-electron chi connectivity index (χ0n) is 12.7. The van der Waals surface area contributed by atoms with E-state index in [4.69, 9.17) is 5.73 Å². The van der Waals surface area contributed by atoms with E-state index in [1.165, 1.54) is 18.6 Å². The van der Waals surface area contributed by atoms with Gasteiger partial charge in [0.15, 0.2) is 0 Å². The van der Waals surface area contributed by atoms with Gasteiger partial charge in [0.25, 0.3) is 5.91 Å². The summed E-state index contributed by atoms with van der Waals surface area (Å²) >= 11 is 0. The van der Waals surface area contributed by atoms with Crippen molar-refractivity contribution >= 4 is 17.5 Å². The number of aromatic nitrogens is 6. The SMILES string of the molecule is NC(=O)Cn1nnn(-c2ccc(NC(=O)c3cnccn3)cc2)c1=O. The summed E-state index contributed by atoms with van der Waals surface area (Å²) in [5.74, 6) is -1.11. The van der Waals surface area contributed by atoms with Gasteiger partial charge in [0, 0.05) is 18.1 Å². The molecule has 0 spiro atoms. The highest BCUT2D eigenvalue weighted by atomic mass is 16.2. The second-order valence-electron chi connectivity index (χ2n) is 4.89. The second-order valence-corrected chi connectivity index (χ2v) is 4.89. The van der Waals surface area contributed by atoms with Crippen LogP contribution in [0.4, 0.5) is 5.69 Å². The van der Waals surface area contributed by atoms with E-state index in [0.717, 1.165) is 9.36 Å². The zero-order chi connectivity index (χ0) is 17.8. The molecule has 11 heteroatoms. The summed E-state index contributed by atoms with van der Waals surface area (Å²) in [4.78, 5) is 42.6. The fourth-order valence-corrected chi connectivity index (χ4v) is 1.98. The number of hydrogen-bond donors (Lipinski definition) is 2. The molecule has 0 radical (unpaired) electrons. The number of benzene rings is 1. The number of carbonyl (C=O) groups is 2. The number of rotatable bonds is 5. The summed E-state index contributed by atoms with van der Waals surface area (Å²) in [7, 11) is 0. The summed E-state index contributed by atoms with van der Waals surface area (Å²) in [6, 6.07) is 6.31. The monoisotopic (exact) mass is 340 g/mol. The minimum Gasteiger partial charge on any atom is -0.368 e. The summed E-state index contributed by atoms with van der Waals surface area (Å²) in [6.45, 7) is -0.356. The van der Waals surface area contributed by atoms with Crippen LogP contribution in [0.15, 0.2) is 47.7 Å². The number of nitrogens with zero attached hydrogens (tertiary/aromatic N) is 6. The Kier molecular flexibility index (Phi) is 4.28. The van der Waals surface area contributed by atoms with Gasteiger partial charge < -0.3 is 11.1 Å². The number of nitrogens with two attached hydrogens (primary N) is 1. The number of carbonyl (C=O) groups excluding carboxylic acids is 2. The van der Waals surface area contributed by atoms with Crippen molar-refractivity contribution in [3.8, 4) is 5.69 Å². The fourth-order valence-electron chi connectivity index (χ4n) is 1.98. The summed E-state index contributed by atoms with van der Waals surface area (Å²) in [6.07, 6.45) is 4.23. The molecule has 0 fully saturated rings. The molecule has 1 aromatic carbocycles. The molecule has 0 aliphatic rings. The molecule has 2 aromatic heterocycles. The van der Waals surface area contributed by atoms with E-state index in [1.807, 2.05) is 0 Å². The number of tetrazole rings is 1. The zero-order valence-corrected chi connectivity index (χ0v) is 12.7. The number of primary amides is 1. The molecule has 11 nitrogen and oxygen atoms in total. The topological polar surface area (TPSA) is 151 Å². The molecule has 0 aliphatic heterocycles. The molecule has 2 heterocycles. The Labute approximate surface area is 140 Å². The molecular weight excluding hydrogens is 328 g/mol. The van der Waals surface area contributed by atoms with Crippen molar-refractivity contribution in [1.29, 1.82) is 0 Å². The van der Waals surface area contributed by atoms with E-state index in [9.17, 15) is 14.4 Å². The molecule has 0 aliphatic carbocycles. The van der Waals surface area contributed by atoms with Gasteiger partial charge in [-0.05, 0) is 34.7 Å². The van der Waals surface area contributed by atoms with Crippen LogP contribution in [0.3, 0.4) is 0 Å². The van der Waals surface area contributed by atoms with E-state index in [2.05, 4.69) is 25.7 Å². The van der Waals surface area contributed by atoms with Crippen LogP contribution in [-0.4, -0.2) is 41.6 Å².